The van der Waals surface area contributed by atoms with Crippen LogP contribution >= 0.6 is 22.6 Å². The Balaban J connectivity index is 2.48. The minimum absolute atomic E-state index is 0.103. The molecule has 0 saturated heterocycles. The molecule has 0 N–H and O–H groups in total. The molecule has 76 valence electrons. The Hall–Kier alpha value is -1.17. The smallest absolute Gasteiger partial charge is 0.227 e. The van der Waals surface area contributed by atoms with Crippen LogP contribution in [0.1, 0.15) is 17.5 Å². The van der Waals surface area contributed by atoms with Crippen molar-refractivity contribution in [3.63, 3.8) is 0 Å². The Bertz CT molecular complexity index is 491. The minimum atomic E-state index is -0.103. The van der Waals surface area contributed by atoms with Gasteiger partial charge in [0.05, 0.1) is 0 Å². The van der Waals surface area contributed by atoms with Crippen LogP contribution in [0.25, 0.3) is 11.5 Å². The highest BCUT2D eigenvalue weighted by atomic mass is 127. The number of oxazole rings is 1. The maximum atomic E-state index is 11.2. The summed E-state index contributed by atoms with van der Waals surface area (Å²) in [5.41, 5.74) is 0.878. The summed E-state index contributed by atoms with van der Waals surface area (Å²) in [6, 6.07) is 9.51. The molecule has 1 aromatic heterocycles. The Kier molecular flexibility index (Phi) is 2.86. The third kappa shape index (κ3) is 2.09. The average Bonchev–Trinajstić information content (AvgIpc) is 2.62. The molecule has 2 rings (SSSR count). The Morgan fingerprint density at radius 3 is 2.53 bits per heavy atom. The molecular weight excluding hydrogens is 305 g/mol. The van der Waals surface area contributed by atoms with Crippen molar-refractivity contribution in [1.29, 1.82) is 0 Å². The lowest BCUT2D eigenvalue weighted by Crippen LogP contribution is -1.90. The number of Topliss-reactive ketones (excluding diaryl/α,β-unsaturated/α-hetero) is 1. The van der Waals surface area contributed by atoms with Gasteiger partial charge in [-0.3, -0.25) is 4.79 Å². The van der Waals surface area contributed by atoms with Gasteiger partial charge in [-0.1, -0.05) is 18.2 Å². The maximum absolute atomic E-state index is 11.2. The molecule has 0 amide bonds. The highest BCUT2D eigenvalue weighted by Crippen LogP contribution is 2.22. The number of halogens is 1. The number of aromatic nitrogens is 1. The number of rotatable bonds is 2. The molecule has 1 aromatic carbocycles. The van der Waals surface area contributed by atoms with Gasteiger partial charge in [-0.05, 0) is 34.7 Å². The van der Waals surface area contributed by atoms with Crippen molar-refractivity contribution in [3.8, 4) is 11.5 Å². The van der Waals surface area contributed by atoms with Crippen molar-refractivity contribution in [2.45, 2.75) is 6.92 Å². The second kappa shape index (κ2) is 4.14. The maximum Gasteiger partial charge on any atom is 0.227 e. The van der Waals surface area contributed by atoms with Crippen molar-refractivity contribution in [2.24, 2.45) is 0 Å². The van der Waals surface area contributed by atoms with Crippen LogP contribution in [-0.2, 0) is 0 Å². The highest BCUT2D eigenvalue weighted by molar-refractivity contribution is 14.1. The van der Waals surface area contributed by atoms with E-state index in [-0.39, 0.29) is 5.78 Å². The topological polar surface area (TPSA) is 43.1 Å². The molecular formula is C11H8INO2. The summed E-state index contributed by atoms with van der Waals surface area (Å²) in [5.74, 6) is 0.716. The van der Waals surface area contributed by atoms with Crippen LogP contribution in [0.5, 0.6) is 0 Å². The predicted octanol–water partition coefficient (Wildman–Crippen LogP) is 3.15. The van der Waals surface area contributed by atoms with E-state index in [1.54, 1.807) is 0 Å². The molecule has 0 aliphatic carbocycles. The van der Waals surface area contributed by atoms with E-state index in [1.807, 2.05) is 52.9 Å². The number of hydrogen-bond acceptors (Lipinski definition) is 3. The Morgan fingerprint density at radius 2 is 2.00 bits per heavy atom. The van der Waals surface area contributed by atoms with Gasteiger partial charge in [0.1, 0.15) is 0 Å². The van der Waals surface area contributed by atoms with E-state index in [0.29, 0.717) is 15.4 Å². The molecule has 1 heterocycles. The zero-order valence-electron chi connectivity index (χ0n) is 8.03. The summed E-state index contributed by atoms with van der Waals surface area (Å²) in [6.45, 7) is 1.47. The fraction of sp³-hybridized carbons (Fsp3) is 0.0909. The van der Waals surface area contributed by atoms with Gasteiger partial charge in [-0.2, -0.15) is 0 Å². The molecule has 0 radical (unpaired) electrons. The summed E-state index contributed by atoms with van der Waals surface area (Å²) in [7, 11) is 0. The van der Waals surface area contributed by atoms with Crippen molar-refractivity contribution >= 4 is 28.4 Å². The van der Waals surface area contributed by atoms with Gasteiger partial charge >= 0.3 is 0 Å². The molecule has 0 atom stereocenters. The Labute approximate surface area is 101 Å². The molecule has 0 aliphatic heterocycles. The molecule has 15 heavy (non-hydrogen) atoms. The third-order valence-corrected chi connectivity index (χ3v) is 2.66. The lowest BCUT2D eigenvalue weighted by atomic mass is 10.2. The monoisotopic (exact) mass is 313 g/mol. The van der Waals surface area contributed by atoms with Crippen LogP contribution in [0.15, 0.2) is 34.7 Å². The van der Waals surface area contributed by atoms with Crippen LogP contribution < -0.4 is 0 Å². The third-order valence-electron chi connectivity index (χ3n) is 1.93. The second-order valence-corrected chi connectivity index (χ2v) is 4.08. The average molecular weight is 313 g/mol. The number of carbonyl (C=O) groups excluding carboxylic acids is 1. The molecule has 2 aromatic rings. The highest BCUT2D eigenvalue weighted by Gasteiger charge is 2.15. The van der Waals surface area contributed by atoms with E-state index in [4.69, 9.17) is 4.42 Å². The summed E-state index contributed by atoms with van der Waals surface area (Å²) in [4.78, 5) is 15.4. The lowest BCUT2D eigenvalue weighted by molar-refractivity contribution is 0.0987. The van der Waals surface area contributed by atoms with Crippen molar-refractivity contribution in [2.75, 3.05) is 0 Å². The van der Waals surface area contributed by atoms with Crippen molar-refractivity contribution < 1.29 is 9.21 Å². The zero-order chi connectivity index (χ0) is 10.8. The standard InChI is InChI=1S/C11H8INO2/c1-7(14)9-10(12)13-11(15-9)8-5-3-2-4-6-8/h2-6H,1H3. The van der Waals surface area contributed by atoms with E-state index in [0.717, 1.165) is 5.56 Å². The molecule has 0 unspecified atom stereocenters. The molecule has 0 spiro atoms. The van der Waals surface area contributed by atoms with Gasteiger partial charge in [-0.25, -0.2) is 4.98 Å². The molecule has 4 heteroatoms. The first-order chi connectivity index (χ1) is 7.18. The van der Waals surface area contributed by atoms with Crippen LogP contribution in [0, 0.1) is 3.70 Å². The van der Waals surface area contributed by atoms with E-state index >= 15 is 0 Å². The molecule has 0 aliphatic rings. The van der Waals surface area contributed by atoms with Crippen molar-refractivity contribution in [1.82, 2.24) is 4.98 Å². The molecule has 0 fully saturated rings. The lowest BCUT2D eigenvalue weighted by Gasteiger charge is -1.92. The molecule has 3 nitrogen and oxygen atoms in total. The number of benzene rings is 1. The van der Waals surface area contributed by atoms with Gasteiger partial charge in [0, 0.05) is 12.5 Å². The quantitative estimate of drug-likeness (QED) is 0.632. The van der Waals surface area contributed by atoms with Gasteiger partial charge in [-0.15, -0.1) is 0 Å². The minimum Gasteiger partial charge on any atom is -0.432 e. The van der Waals surface area contributed by atoms with E-state index < -0.39 is 0 Å². The second-order valence-electron chi connectivity index (χ2n) is 3.06. The number of ketones is 1. The number of nitrogens with zero attached hydrogens (tertiary/aromatic N) is 1. The van der Waals surface area contributed by atoms with Crippen LogP contribution in [0.3, 0.4) is 0 Å². The summed E-state index contributed by atoms with van der Waals surface area (Å²) in [6.07, 6.45) is 0. The van der Waals surface area contributed by atoms with Gasteiger partial charge in [0.15, 0.2) is 9.48 Å². The van der Waals surface area contributed by atoms with Crippen LogP contribution in [-0.4, -0.2) is 10.8 Å². The van der Waals surface area contributed by atoms with Gasteiger partial charge in [0.2, 0.25) is 11.7 Å². The fourth-order valence-corrected chi connectivity index (χ4v) is 1.93. The number of hydrogen-bond donors (Lipinski definition) is 0. The predicted molar refractivity (Wildman–Crippen MR) is 64.7 cm³/mol. The normalized spacial score (nSPS) is 10.3. The summed E-state index contributed by atoms with van der Waals surface area (Å²) in [5, 5.41) is 0. The first kappa shape index (κ1) is 10.4. The first-order valence-corrected chi connectivity index (χ1v) is 5.49. The first-order valence-electron chi connectivity index (χ1n) is 4.41. The molecule has 0 saturated carbocycles. The van der Waals surface area contributed by atoms with Crippen LogP contribution in [0.4, 0.5) is 0 Å². The van der Waals surface area contributed by atoms with E-state index in [2.05, 4.69) is 4.98 Å². The van der Waals surface area contributed by atoms with Gasteiger partial charge < -0.3 is 4.42 Å². The fourth-order valence-electron chi connectivity index (χ4n) is 1.22. The van der Waals surface area contributed by atoms with Gasteiger partial charge in [0.25, 0.3) is 0 Å². The van der Waals surface area contributed by atoms with Crippen LogP contribution in [0.2, 0.25) is 0 Å². The SMILES string of the molecule is CC(=O)c1oc(-c2ccccc2)nc1I. The van der Waals surface area contributed by atoms with E-state index in [9.17, 15) is 4.79 Å². The zero-order valence-corrected chi connectivity index (χ0v) is 10.2. The number of carbonyl (C=O) groups is 1. The van der Waals surface area contributed by atoms with E-state index in [1.165, 1.54) is 6.92 Å². The Morgan fingerprint density at radius 1 is 1.33 bits per heavy atom. The largest absolute Gasteiger partial charge is 0.432 e. The molecule has 0 bridgehead atoms. The van der Waals surface area contributed by atoms with Crippen molar-refractivity contribution in [3.05, 3.63) is 39.8 Å². The summed E-state index contributed by atoms with van der Waals surface area (Å²) < 4.78 is 6.00. The summed E-state index contributed by atoms with van der Waals surface area (Å²) >= 11 is 2.00.